The van der Waals surface area contributed by atoms with E-state index in [-0.39, 0.29) is 11.4 Å². The van der Waals surface area contributed by atoms with Crippen molar-refractivity contribution in [3.8, 4) is 0 Å². The van der Waals surface area contributed by atoms with Gasteiger partial charge in [-0.1, -0.05) is 25.1 Å². The number of hydrogen-bond donors (Lipinski definition) is 2. The van der Waals surface area contributed by atoms with Crippen LogP contribution >= 0.6 is 0 Å². The Morgan fingerprint density at radius 1 is 1.40 bits per heavy atom. The van der Waals surface area contributed by atoms with Gasteiger partial charge in [-0.15, -0.1) is 0 Å². The molecule has 1 unspecified atom stereocenters. The van der Waals surface area contributed by atoms with Crippen LogP contribution < -0.4 is 11.1 Å². The van der Waals surface area contributed by atoms with Crippen molar-refractivity contribution in [1.82, 2.24) is 5.32 Å². The molecule has 3 nitrogen and oxygen atoms in total. The number of carbonyl (C=O) groups is 1. The molecule has 0 aliphatic heterocycles. The quantitative estimate of drug-likeness (QED) is 0.785. The van der Waals surface area contributed by atoms with E-state index in [0.29, 0.717) is 12.1 Å². The molecule has 1 aromatic carbocycles. The van der Waals surface area contributed by atoms with Crippen LogP contribution in [0.4, 0.5) is 0 Å². The van der Waals surface area contributed by atoms with Gasteiger partial charge in [0.15, 0.2) is 0 Å². The van der Waals surface area contributed by atoms with Crippen molar-refractivity contribution in [3.63, 3.8) is 0 Å². The van der Waals surface area contributed by atoms with E-state index in [0.717, 1.165) is 6.42 Å². The van der Waals surface area contributed by atoms with E-state index in [4.69, 9.17) is 5.73 Å². The standard InChI is InChI=1S/C12H18N2O/c1-3-12(2,9-13)14-11(15)10-7-5-4-6-8-10/h4-8H,3,9,13H2,1-2H3,(H,14,15). The zero-order valence-corrected chi connectivity index (χ0v) is 9.29. The van der Waals surface area contributed by atoms with Crippen LogP contribution in [0.3, 0.4) is 0 Å². The fourth-order valence-corrected chi connectivity index (χ4v) is 1.22. The Labute approximate surface area is 90.7 Å². The van der Waals surface area contributed by atoms with Crippen LogP contribution in [-0.4, -0.2) is 18.0 Å². The minimum Gasteiger partial charge on any atom is -0.346 e. The van der Waals surface area contributed by atoms with Crippen LogP contribution in [0.15, 0.2) is 30.3 Å². The maximum Gasteiger partial charge on any atom is 0.251 e. The number of rotatable bonds is 4. The van der Waals surface area contributed by atoms with Gasteiger partial charge in [0.25, 0.3) is 5.91 Å². The Balaban J connectivity index is 2.72. The van der Waals surface area contributed by atoms with E-state index in [9.17, 15) is 4.79 Å². The molecule has 3 heteroatoms. The highest BCUT2D eigenvalue weighted by Gasteiger charge is 2.22. The summed E-state index contributed by atoms with van der Waals surface area (Å²) in [6.45, 7) is 4.41. The second-order valence-electron chi connectivity index (χ2n) is 3.94. The van der Waals surface area contributed by atoms with Crippen LogP contribution in [0.2, 0.25) is 0 Å². The SMILES string of the molecule is CCC(C)(CN)NC(=O)c1ccccc1. The van der Waals surface area contributed by atoms with Gasteiger partial charge in [0.05, 0.1) is 0 Å². The molecule has 15 heavy (non-hydrogen) atoms. The zero-order valence-electron chi connectivity index (χ0n) is 9.29. The predicted molar refractivity (Wildman–Crippen MR) is 61.7 cm³/mol. The summed E-state index contributed by atoms with van der Waals surface area (Å²) in [5.74, 6) is -0.0644. The van der Waals surface area contributed by atoms with Crippen LogP contribution in [0.5, 0.6) is 0 Å². The first-order valence-corrected chi connectivity index (χ1v) is 5.19. The lowest BCUT2D eigenvalue weighted by molar-refractivity contribution is 0.0906. The molecule has 3 N–H and O–H groups in total. The third kappa shape index (κ3) is 3.06. The average Bonchev–Trinajstić information content (AvgIpc) is 2.30. The molecule has 0 aliphatic rings. The Morgan fingerprint density at radius 2 is 2.00 bits per heavy atom. The van der Waals surface area contributed by atoms with Crippen molar-refractivity contribution in [2.45, 2.75) is 25.8 Å². The summed E-state index contributed by atoms with van der Waals surface area (Å²) in [6.07, 6.45) is 0.822. The molecule has 0 spiro atoms. The molecule has 0 aromatic heterocycles. The normalized spacial score (nSPS) is 14.3. The second kappa shape index (κ2) is 4.94. The van der Waals surface area contributed by atoms with Gasteiger partial charge in [0, 0.05) is 17.6 Å². The molecule has 1 atom stereocenters. The van der Waals surface area contributed by atoms with E-state index in [1.165, 1.54) is 0 Å². The summed E-state index contributed by atoms with van der Waals surface area (Å²) in [6, 6.07) is 9.17. The Bertz CT molecular complexity index is 318. The van der Waals surface area contributed by atoms with Crippen molar-refractivity contribution >= 4 is 5.91 Å². The lowest BCUT2D eigenvalue weighted by Crippen LogP contribution is -2.50. The second-order valence-corrected chi connectivity index (χ2v) is 3.94. The highest BCUT2D eigenvalue weighted by molar-refractivity contribution is 5.94. The van der Waals surface area contributed by atoms with Gasteiger partial charge in [-0.2, -0.15) is 0 Å². The van der Waals surface area contributed by atoms with Crippen molar-refractivity contribution in [2.24, 2.45) is 5.73 Å². The minimum atomic E-state index is -0.313. The van der Waals surface area contributed by atoms with Gasteiger partial charge in [-0.3, -0.25) is 4.79 Å². The molecular weight excluding hydrogens is 188 g/mol. The van der Waals surface area contributed by atoms with Crippen molar-refractivity contribution in [1.29, 1.82) is 0 Å². The number of benzene rings is 1. The lowest BCUT2D eigenvalue weighted by atomic mass is 9.98. The number of carbonyl (C=O) groups excluding carboxylic acids is 1. The smallest absolute Gasteiger partial charge is 0.251 e. The third-order valence-corrected chi connectivity index (χ3v) is 2.68. The maximum atomic E-state index is 11.8. The first-order valence-electron chi connectivity index (χ1n) is 5.19. The van der Waals surface area contributed by atoms with Crippen LogP contribution in [-0.2, 0) is 0 Å². The fourth-order valence-electron chi connectivity index (χ4n) is 1.22. The summed E-state index contributed by atoms with van der Waals surface area (Å²) < 4.78 is 0. The number of hydrogen-bond acceptors (Lipinski definition) is 2. The molecule has 0 saturated heterocycles. The van der Waals surface area contributed by atoms with Gasteiger partial charge >= 0.3 is 0 Å². The molecule has 1 rings (SSSR count). The first-order chi connectivity index (χ1) is 7.11. The first kappa shape index (κ1) is 11.7. The largest absolute Gasteiger partial charge is 0.346 e. The molecule has 1 aromatic rings. The Kier molecular flexibility index (Phi) is 3.86. The topological polar surface area (TPSA) is 55.1 Å². The Hall–Kier alpha value is -1.35. The molecule has 0 radical (unpaired) electrons. The summed E-state index contributed by atoms with van der Waals surface area (Å²) in [4.78, 5) is 11.8. The molecule has 0 saturated carbocycles. The molecule has 0 heterocycles. The van der Waals surface area contributed by atoms with Gasteiger partial charge < -0.3 is 11.1 Å². The number of nitrogens with two attached hydrogens (primary N) is 1. The maximum absolute atomic E-state index is 11.8. The van der Waals surface area contributed by atoms with Crippen LogP contribution in [0.25, 0.3) is 0 Å². The fraction of sp³-hybridized carbons (Fsp3) is 0.417. The number of amides is 1. The summed E-state index contributed by atoms with van der Waals surface area (Å²) in [7, 11) is 0. The summed E-state index contributed by atoms with van der Waals surface area (Å²) in [5.41, 5.74) is 5.99. The van der Waals surface area contributed by atoms with Gasteiger partial charge in [0.2, 0.25) is 0 Å². The highest BCUT2D eigenvalue weighted by atomic mass is 16.1. The Morgan fingerprint density at radius 3 is 2.47 bits per heavy atom. The van der Waals surface area contributed by atoms with Crippen molar-refractivity contribution in [2.75, 3.05) is 6.54 Å². The van der Waals surface area contributed by atoms with Gasteiger partial charge in [-0.25, -0.2) is 0 Å². The monoisotopic (exact) mass is 206 g/mol. The van der Waals surface area contributed by atoms with Crippen LogP contribution in [0.1, 0.15) is 30.6 Å². The van der Waals surface area contributed by atoms with Crippen molar-refractivity contribution in [3.05, 3.63) is 35.9 Å². The predicted octanol–water partition coefficient (Wildman–Crippen LogP) is 1.54. The average molecular weight is 206 g/mol. The highest BCUT2D eigenvalue weighted by Crippen LogP contribution is 2.08. The summed E-state index contributed by atoms with van der Waals surface area (Å²) >= 11 is 0. The van der Waals surface area contributed by atoms with E-state index < -0.39 is 0 Å². The molecule has 82 valence electrons. The minimum absolute atomic E-state index is 0.0644. The molecule has 0 fully saturated rings. The van der Waals surface area contributed by atoms with E-state index in [1.54, 1.807) is 12.1 Å². The van der Waals surface area contributed by atoms with E-state index in [2.05, 4.69) is 5.32 Å². The van der Waals surface area contributed by atoms with Crippen LogP contribution in [0, 0.1) is 0 Å². The molecule has 1 amide bonds. The lowest BCUT2D eigenvalue weighted by Gasteiger charge is -2.27. The van der Waals surface area contributed by atoms with Crippen molar-refractivity contribution < 1.29 is 4.79 Å². The third-order valence-electron chi connectivity index (χ3n) is 2.68. The van der Waals surface area contributed by atoms with Gasteiger partial charge in [0.1, 0.15) is 0 Å². The van der Waals surface area contributed by atoms with E-state index in [1.807, 2.05) is 32.0 Å². The molecule has 0 aliphatic carbocycles. The van der Waals surface area contributed by atoms with Gasteiger partial charge in [-0.05, 0) is 25.5 Å². The molecular formula is C12H18N2O. The zero-order chi connectivity index (χ0) is 11.3. The number of nitrogens with one attached hydrogen (secondary N) is 1. The molecule has 0 bridgehead atoms. The summed E-state index contributed by atoms with van der Waals surface area (Å²) in [5, 5.41) is 2.95. The van der Waals surface area contributed by atoms with E-state index >= 15 is 0 Å².